The van der Waals surface area contributed by atoms with E-state index in [-0.39, 0.29) is 0 Å². The third kappa shape index (κ3) is 5.33. The van der Waals surface area contributed by atoms with Crippen molar-refractivity contribution in [2.24, 2.45) is 5.10 Å². The predicted octanol–water partition coefficient (Wildman–Crippen LogP) is 5.52. The predicted molar refractivity (Wildman–Crippen MR) is 137 cm³/mol. The molecule has 0 spiro atoms. The van der Waals surface area contributed by atoms with Crippen molar-refractivity contribution >= 4 is 35.7 Å². The van der Waals surface area contributed by atoms with Gasteiger partial charge in [-0.2, -0.15) is 20.1 Å². The van der Waals surface area contributed by atoms with Gasteiger partial charge in [-0.1, -0.05) is 17.7 Å². The van der Waals surface area contributed by atoms with Gasteiger partial charge in [-0.3, -0.25) is 0 Å². The van der Waals surface area contributed by atoms with Crippen LogP contribution >= 0.6 is 11.6 Å². The number of hydrazone groups is 1. The smallest absolute Gasteiger partial charge is 0.250 e. The van der Waals surface area contributed by atoms with Crippen LogP contribution in [0.25, 0.3) is 11.3 Å². The van der Waals surface area contributed by atoms with Crippen molar-refractivity contribution in [3.63, 3.8) is 0 Å². The molecule has 1 N–H and O–H groups in total. The molecule has 0 saturated carbocycles. The molecule has 2 aliphatic rings. The number of benzene rings is 1. The third-order valence-electron chi connectivity index (χ3n) is 6.34. The molecule has 3 aromatic rings. The molecule has 34 heavy (non-hydrogen) atoms. The van der Waals surface area contributed by atoms with Crippen molar-refractivity contribution in [3.05, 3.63) is 46.7 Å². The van der Waals surface area contributed by atoms with E-state index in [1.165, 1.54) is 38.5 Å². The highest BCUT2D eigenvalue weighted by Gasteiger charge is 2.20. The molecular weight excluding hydrogens is 450 g/mol. The summed E-state index contributed by atoms with van der Waals surface area (Å²) in [5.41, 5.74) is 5.06. The van der Waals surface area contributed by atoms with Crippen LogP contribution in [-0.4, -0.2) is 47.3 Å². The lowest BCUT2D eigenvalue weighted by molar-refractivity contribution is 0.556. The van der Waals surface area contributed by atoms with Gasteiger partial charge in [0.1, 0.15) is 11.5 Å². The number of furan rings is 1. The molecule has 0 radical (unpaired) electrons. The molecule has 2 fully saturated rings. The molecular formula is C25H30ClN7O. The second kappa shape index (κ2) is 10.4. The van der Waals surface area contributed by atoms with Crippen molar-refractivity contribution in [2.45, 2.75) is 45.4 Å². The molecule has 8 nitrogen and oxygen atoms in total. The van der Waals surface area contributed by atoms with E-state index in [0.717, 1.165) is 55.0 Å². The first-order valence-electron chi connectivity index (χ1n) is 12.1. The Morgan fingerprint density at radius 3 is 2.18 bits per heavy atom. The lowest BCUT2D eigenvalue weighted by Gasteiger charge is -2.30. The first-order chi connectivity index (χ1) is 16.7. The molecule has 0 aliphatic carbocycles. The summed E-state index contributed by atoms with van der Waals surface area (Å²) in [7, 11) is 0. The van der Waals surface area contributed by atoms with Gasteiger partial charge in [0.15, 0.2) is 0 Å². The second-order valence-electron chi connectivity index (χ2n) is 8.89. The molecule has 178 valence electrons. The quantitative estimate of drug-likeness (QED) is 0.368. The number of hydrogen-bond donors (Lipinski definition) is 1. The fourth-order valence-corrected chi connectivity index (χ4v) is 4.63. The van der Waals surface area contributed by atoms with Gasteiger partial charge in [0, 0.05) is 36.8 Å². The Kier molecular flexibility index (Phi) is 6.94. The molecule has 9 heteroatoms. The number of anilines is 3. The largest absolute Gasteiger partial charge is 0.455 e. The zero-order valence-corrected chi connectivity index (χ0v) is 20.3. The summed E-state index contributed by atoms with van der Waals surface area (Å²) in [6, 6.07) is 9.57. The van der Waals surface area contributed by atoms with Crippen molar-refractivity contribution < 1.29 is 4.42 Å². The zero-order chi connectivity index (χ0) is 23.3. The molecule has 5 rings (SSSR count). The zero-order valence-electron chi connectivity index (χ0n) is 19.5. The highest BCUT2D eigenvalue weighted by Crippen LogP contribution is 2.28. The molecule has 2 saturated heterocycles. The second-order valence-corrected chi connectivity index (χ2v) is 9.32. The monoisotopic (exact) mass is 479 g/mol. The van der Waals surface area contributed by atoms with E-state index in [4.69, 9.17) is 21.0 Å². The Balaban J connectivity index is 1.34. The summed E-state index contributed by atoms with van der Waals surface area (Å²) < 4.78 is 5.96. The van der Waals surface area contributed by atoms with Gasteiger partial charge in [-0.25, -0.2) is 5.43 Å². The van der Waals surface area contributed by atoms with E-state index in [0.29, 0.717) is 16.7 Å². The van der Waals surface area contributed by atoms with Crippen molar-refractivity contribution in [2.75, 3.05) is 41.4 Å². The minimum absolute atomic E-state index is 0.449. The van der Waals surface area contributed by atoms with Crippen molar-refractivity contribution in [3.8, 4) is 11.3 Å². The molecule has 0 bridgehead atoms. The molecule has 0 unspecified atom stereocenters. The topological polar surface area (TPSA) is 82.7 Å². The molecule has 0 amide bonds. The number of rotatable bonds is 6. The molecule has 2 aromatic heterocycles. The summed E-state index contributed by atoms with van der Waals surface area (Å²) >= 11 is 6.16. The Hall–Kier alpha value is -3.13. The van der Waals surface area contributed by atoms with Gasteiger partial charge in [-0.05, 0) is 75.3 Å². The number of halogens is 1. The van der Waals surface area contributed by atoms with Gasteiger partial charge in [-0.15, -0.1) is 0 Å². The first kappa shape index (κ1) is 22.7. The SMILES string of the molecule is Cc1ccc(Cl)cc1-c1ccc(C=NNc2nc(N3CCCCC3)nc(N3CCCCC3)n2)o1. The maximum absolute atomic E-state index is 6.16. The molecule has 2 aliphatic heterocycles. The minimum atomic E-state index is 0.449. The first-order valence-corrected chi connectivity index (χ1v) is 12.4. The van der Waals surface area contributed by atoms with Crippen molar-refractivity contribution in [1.29, 1.82) is 0 Å². The number of aryl methyl sites for hydroxylation is 1. The van der Waals surface area contributed by atoms with Crippen LogP contribution in [0.2, 0.25) is 5.02 Å². The summed E-state index contributed by atoms with van der Waals surface area (Å²) in [6.45, 7) is 5.94. The van der Waals surface area contributed by atoms with E-state index in [9.17, 15) is 0 Å². The lowest BCUT2D eigenvalue weighted by Crippen LogP contribution is -2.34. The normalized spacial score (nSPS) is 16.9. The average molecular weight is 480 g/mol. The molecule has 1 aromatic carbocycles. The van der Waals surface area contributed by atoms with Crippen LogP contribution in [0.5, 0.6) is 0 Å². The van der Waals surface area contributed by atoms with Gasteiger partial charge in [0.05, 0.1) is 6.21 Å². The summed E-state index contributed by atoms with van der Waals surface area (Å²) in [5.74, 6) is 3.28. The maximum Gasteiger partial charge on any atom is 0.250 e. The fraction of sp³-hybridized carbons (Fsp3) is 0.440. The van der Waals surface area contributed by atoms with Crippen LogP contribution in [0.3, 0.4) is 0 Å². The van der Waals surface area contributed by atoms with Gasteiger partial charge < -0.3 is 14.2 Å². The van der Waals surface area contributed by atoms with E-state index in [1.807, 2.05) is 37.3 Å². The Morgan fingerprint density at radius 2 is 1.53 bits per heavy atom. The number of nitrogens with one attached hydrogen (secondary N) is 1. The molecule has 0 atom stereocenters. The van der Waals surface area contributed by atoms with Crippen LogP contribution in [0, 0.1) is 6.92 Å². The van der Waals surface area contributed by atoms with Crippen LogP contribution in [0.15, 0.2) is 39.9 Å². The summed E-state index contributed by atoms with van der Waals surface area (Å²) in [5, 5.41) is 5.03. The maximum atomic E-state index is 6.16. The van der Waals surface area contributed by atoms with Gasteiger partial charge >= 0.3 is 0 Å². The highest BCUT2D eigenvalue weighted by molar-refractivity contribution is 6.30. The summed E-state index contributed by atoms with van der Waals surface area (Å²) in [4.78, 5) is 18.6. The number of piperidine rings is 2. The van der Waals surface area contributed by atoms with Crippen LogP contribution in [-0.2, 0) is 0 Å². The number of aromatic nitrogens is 3. The van der Waals surface area contributed by atoms with Crippen molar-refractivity contribution in [1.82, 2.24) is 15.0 Å². The number of hydrogen-bond acceptors (Lipinski definition) is 8. The summed E-state index contributed by atoms with van der Waals surface area (Å²) in [6.07, 6.45) is 8.81. The Labute approximate surface area is 205 Å². The van der Waals surface area contributed by atoms with Crippen LogP contribution in [0.1, 0.15) is 49.8 Å². The lowest BCUT2D eigenvalue weighted by atomic mass is 10.1. The standard InChI is InChI=1S/C25H30ClN7O/c1-18-8-9-19(26)16-21(18)22-11-10-20(34-22)17-27-31-23-28-24(32-12-4-2-5-13-32)30-25(29-23)33-14-6-3-7-15-33/h8-11,16-17H,2-7,12-15H2,1H3,(H,28,29,30,31). The van der Waals surface area contributed by atoms with Crippen LogP contribution in [0.4, 0.5) is 17.8 Å². The van der Waals surface area contributed by atoms with Crippen LogP contribution < -0.4 is 15.2 Å². The van der Waals surface area contributed by atoms with E-state index >= 15 is 0 Å². The Bertz CT molecular complexity index is 1110. The molecule has 4 heterocycles. The minimum Gasteiger partial charge on any atom is -0.455 e. The van der Waals surface area contributed by atoms with E-state index < -0.39 is 0 Å². The fourth-order valence-electron chi connectivity index (χ4n) is 4.45. The third-order valence-corrected chi connectivity index (χ3v) is 6.57. The van der Waals surface area contributed by atoms with E-state index in [2.05, 4.69) is 30.3 Å². The van der Waals surface area contributed by atoms with Gasteiger partial charge in [0.2, 0.25) is 17.8 Å². The average Bonchev–Trinajstić information content (AvgIpc) is 3.35. The number of nitrogens with zero attached hydrogens (tertiary/aromatic N) is 6. The Morgan fingerprint density at radius 1 is 0.882 bits per heavy atom. The van der Waals surface area contributed by atoms with E-state index in [1.54, 1.807) is 6.21 Å². The van der Waals surface area contributed by atoms with Gasteiger partial charge in [0.25, 0.3) is 0 Å². The highest BCUT2D eigenvalue weighted by atomic mass is 35.5.